The average molecular weight is 226 g/mol. The first-order valence-electron chi connectivity index (χ1n) is 5.34. The Balaban J connectivity index is 2.36. The number of rotatable bonds is 3. The molecule has 86 valence electrons. The summed E-state index contributed by atoms with van der Waals surface area (Å²) in [5.74, 6) is -0.0653. The maximum absolute atomic E-state index is 7.36. The molecule has 0 aliphatic rings. The minimum Gasteiger partial charge on any atom is -0.370 e. The molecule has 0 amide bonds. The Morgan fingerprint density at radius 3 is 2.41 bits per heavy atom. The molecule has 1 heterocycles. The van der Waals surface area contributed by atoms with E-state index in [9.17, 15) is 0 Å². The van der Waals surface area contributed by atoms with Crippen molar-refractivity contribution in [1.82, 2.24) is 10.3 Å². The van der Waals surface area contributed by atoms with Crippen LogP contribution in [0.3, 0.4) is 0 Å². The monoisotopic (exact) mass is 226 g/mol. The van der Waals surface area contributed by atoms with E-state index in [-0.39, 0.29) is 12.0 Å². The molecule has 1 aromatic carbocycles. The number of benzene rings is 1. The van der Waals surface area contributed by atoms with Gasteiger partial charge in [-0.05, 0) is 17.7 Å². The molecular formula is C13H14N4. The molecule has 0 bridgehead atoms. The molecule has 0 saturated carbocycles. The number of guanidine groups is 1. The first-order valence-corrected chi connectivity index (χ1v) is 5.34. The molecule has 2 aromatic rings. The average Bonchev–Trinajstić information content (AvgIpc) is 2.38. The van der Waals surface area contributed by atoms with E-state index < -0.39 is 0 Å². The van der Waals surface area contributed by atoms with Gasteiger partial charge in [-0.25, -0.2) is 0 Å². The van der Waals surface area contributed by atoms with E-state index >= 15 is 0 Å². The first kappa shape index (κ1) is 11.1. The Labute approximate surface area is 100 Å². The summed E-state index contributed by atoms with van der Waals surface area (Å²) in [5, 5.41) is 10.3. The molecule has 0 radical (unpaired) electrons. The van der Waals surface area contributed by atoms with Gasteiger partial charge in [0.05, 0.1) is 11.7 Å². The van der Waals surface area contributed by atoms with E-state index in [1.165, 1.54) is 0 Å². The molecule has 4 nitrogen and oxygen atoms in total. The van der Waals surface area contributed by atoms with Crippen LogP contribution < -0.4 is 11.1 Å². The molecule has 2 rings (SSSR count). The van der Waals surface area contributed by atoms with E-state index in [0.717, 1.165) is 11.3 Å². The van der Waals surface area contributed by atoms with Crippen molar-refractivity contribution in [3.8, 4) is 0 Å². The lowest BCUT2D eigenvalue weighted by Crippen LogP contribution is -2.34. The fourth-order valence-electron chi connectivity index (χ4n) is 1.68. The molecule has 4 N–H and O–H groups in total. The number of pyridine rings is 1. The number of nitrogens with zero attached hydrogens (tertiary/aromatic N) is 1. The van der Waals surface area contributed by atoms with Crippen LogP contribution in [-0.4, -0.2) is 10.9 Å². The van der Waals surface area contributed by atoms with E-state index in [1.54, 1.807) is 6.20 Å². The van der Waals surface area contributed by atoms with Crippen molar-refractivity contribution in [2.24, 2.45) is 5.73 Å². The summed E-state index contributed by atoms with van der Waals surface area (Å²) in [6.45, 7) is 0. The third kappa shape index (κ3) is 2.81. The zero-order valence-corrected chi connectivity index (χ0v) is 9.30. The lowest BCUT2D eigenvalue weighted by atomic mass is 10.0. The summed E-state index contributed by atoms with van der Waals surface area (Å²) < 4.78 is 0. The van der Waals surface area contributed by atoms with Gasteiger partial charge in [-0.3, -0.25) is 10.4 Å². The van der Waals surface area contributed by atoms with Crippen LogP contribution in [0.15, 0.2) is 54.7 Å². The second-order valence-electron chi connectivity index (χ2n) is 3.66. The number of aromatic nitrogens is 1. The highest BCUT2D eigenvalue weighted by atomic mass is 15.1. The van der Waals surface area contributed by atoms with Gasteiger partial charge in [0.2, 0.25) is 0 Å². The molecular weight excluding hydrogens is 212 g/mol. The van der Waals surface area contributed by atoms with Crippen LogP contribution in [0.5, 0.6) is 0 Å². The van der Waals surface area contributed by atoms with Crippen LogP contribution in [0.2, 0.25) is 0 Å². The summed E-state index contributed by atoms with van der Waals surface area (Å²) in [4.78, 5) is 4.29. The van der Waals surface area contributed by atoms with E-state index in [4.69, 9.17) is 11.1 Å². The summed E-state index contributed by atoms with van der Waals surface area (Å²) >= 11 is 0. The molecule has 1 aromatic heterocycles. The maximum atomic E-state index is 7.36. The third-order valence-electron chi connectivity index (χ3n) is 2.42. The Morgan fingerprint density at radius 2 is 1.82 bits per heavy atom. The van der Waals surface area contributed by atoms with Crippen LogP contribution in [-0.2, 0) is 0 Å². The van der Waals surface area contributed by atoms with Crippen molar-refractivity contribution in [1.29, 1.82) is 5.41 Å². The molecule has 1 atom stereocenters. The predicted octanol–water partition coefficient (Wildman–Crippen LogP) is 1.65. The summed E-state index contributed by atoms with van der Waals surface area (Å²) in [6, 6.07) is 15.3. The van der Waals surface area contributed by atoms with Crippen LogP contribution in [0, 0.1) is 5.41 Å². The van der Waals surface area contributed by atoms with Gasteiger partial charge in [-0.2, -0.15) is 0 Å². The van der Waals surface area contributed by atoms with E-state index in [1.807, 2.05) is 48.5 Å². The van der Waals surface area contributed by atoms with Gasteiger partial charge < -0.3 is 11.1 Å². The zero-order valence-electron chi connectivity index (χ0n) is 9.30. The minimum atomic E-state index is -0.185. The van der Waals surface area contributed by atoms with Crippen LogP contribution >= 0.6 is 0 Å². The lowest BCUT2D eigenvalue weighted by Gasteiger charge is -2.18. The van der Waals surface area contributed by atoms with Crippen molar-refractivity contribution < 1.29 is 0 Å². The first-order chi connectivity index (χ1) is 8.27. The second-order valence-corrected chi connectivity index (χ2v) is 3.66. The second kappa shape index (κ2) is 5.12. The highest BCUT2D eigenvalue weighted by molar-refractivity contribution is 5.75. The number of nitrogens with two attached hydrogens (primary N) is 1. The molecule has 1 unspecified atom stereocenters. The minimum absolute atomic E-state index is 0.0653. The van der Waals surface area contributed by atoms with Crippen LogP contribution in [0.4, 0.5) is 0 Å². The van der Waals surface area contributed by atoms with Gasteiger partial charge >= 0.3 is 0 Å². The highest BCUT2D eigenvalue weighted by Gasteiger charge is 2.14. The van der Waals surface area contributed by atoms with Crippen molar-refractivity contribution in [2.75, 3.05) is 0 Å². The smallest absolute Gasteiger partial charge is 0.186 e. The fourth-order valence-corrected chi connectivity index (χ4v) is 1.68. The number of hydrogen-bond donors (Lipinski definition) is 3. The number of hydrogen-bond acceptors (Lipinski definition) is 2. The van der Waals surface area contributed by atoms with Crippen molar-refractivity contribution in [3.63, 3.8) is 0 Å². The van der Waals surface area contributed by atoms with Gasteiger partial charge in [-0.15, -0.1) is 0 Å². The topological polar surface area (TPSA) is 74.8 Å². The predicted molar refractivity (Wildman–Crippen MR) is 67.6 cm³/mol. The standard InChI is InChI=1S/C13H14N4/c14-13(15)17-12(10-6-2-1-3-7-10)11-8-4-5-9-16-11/h1-9,12H,(H4,14,15,17). The summed E-state index contributed by atoms with van der Waals surface area (Å²) in [5.41, 5.74) is 7.28. The van der Waals surface area contributed by atoms with Gasteiger partial charge in [0, 0.05) is 6.20 Å². The van der Waals surface area contributed by atoms with Crippen molar-refractivity contribution in [2.45, 2.75) is 6.04 Å². The molecule has 0 fully saturated rings. The van der Waals surface area contributed by atoms with Gasteiger partial charge in [-0.1, -0.05) is 36.4 Å². The van der Waals surface area contributed by atoms with Gasteiger partial charge in [0.15, 0.2) is 5.96 Å². The quantitative estimate of drug-likeness (QED) is 0.550. The molecule has 0 aliphatic heterocycles. The van der Waals surface area contributed by atoms with E-state index in [0.29, 0.717) is 0 Å². The zero-order chi connectivity index (χ0) is 12.1. The van der Waals surface area contributed by atoms with E-state index in [2.05, 4.69) is 10.3 Å². The van der Waals surface area contributed by atoms with Gasteiger partial charge in [0.1, 0.15) is 0 Å². The molecule has 0 spiro atoms. The Kier molecular flexibility index (Phi) is 3.35. The Bertz CT molecular complexity index is 442. The SMILES string of the molecule is N=C(N)NC(c1ccccc1)c1ccccn1. The van der Waals surface area contributed by atoms with Crippen LogP contribution in [0.1, 0.15) is 17.3 Å². The molecule has 17 heavy (non-hydrogen) atoms. The van der Waals surface area contributed by atoms with Crippen LogP contribution in [0.25, 0.3) is 0 Å². The Morgan fingerprint density at radius 1 is 1.12 bits per heavy atom. The number of nitrogens with one attached hydrogen (secondary N) is 2. The highest BCUT2D eigenvalue weighted by Crippen LogP contribution is 2.19. The molecule has 4 heteroatoms. The normalized spacial score (nSPS) is 11.8. The lowest BCUT2D eigenvalue weighted by molar-refractivity contribution is 0.726. The van der Waals surface area contributed by atoms with Crippen molar-refractivity contribution in [3.05, 3.63) is 66.0 Å². The maximum Gasteiger partial charge on any atom is 0.186 e. The summed E-state index contributed by atoms with van der Waals surface area (Å²) in [7, 11) is 0. The molecule has 0 aliphatic carbocycles. The van der Waals surface area contributed by atoms with Crippen molar-refractivity contribution >= 4 is 5.96 Å². The summed E-state index contributed by atoms with van der Waals surface area (Å²) in [6.07, 6.45) is 1.73. The fraction of sp³-hybridized carbons (Fsp3) is 0.0769. The third-order valence-corrected chi connectivity index (χ3v) is 2.42. The Hall–Kier alpha value is -2.36. The largest absolute Gasteiger partial charge is 0.370 e. The van der Waals surface area contributed by atoms with Gasteiger partial charge in [0.25, 0.3) is 0 Å². The molecule has 0 saturated heterocycles.